The van der Waals surface area contributed by atoms with Crippen molar-refractivity contribution in [1.82, 2.24) is 10.2 Å². The molecule has 0 atom stereocenters. The predicted octanol–water partition coefficient (Wildman–Crippen LogP) is 5.25. The van der Waals surface area contributed by atoms with Gasteiger partial charge in [-0.2, -0.15) is 0 Å². The van der Waals surface area contributed by atoms with Gasteiger partial charge in [0.05, 0.1) is 5.75 Å². The molecule has 1 heterocycles. The number of nitrogens with zero attached hydrogens (tertiary/aromatic N) is 3. The van der Waals surface area contributed by atoms with Gasteiger partial charge in [-0.25, -0.2) is 4.39 Å². The molecule has 6 nitrogen and oxygen atoms in total. The van der Waals surface area contributed by atoms with Crippen LogP contribution in [0.15, 0.2) is 52.9 Å². The quantitative estimate of drug-likeness (QED) is 0.403. The standard InChI is InChI=1S/C22H26FN5OS2/c1-4-28(15(2)3)19-11-9-18(10-12-19)25-20(29)14-30-22-27-26-21(31-22)24-13-16-5-7-17(23)8-6-16/h5-12,15H,4,13-14H2,1-3H3,(H,24,26)(H,25,29). The van der Waals surface area contributed by atoms with Gasteiger partial charge in [0.15, 0.2) is 4.34 Å². The number of carbonyl (C=O) groups is 1. The highest BCUT2D eigenvalue weighted by atomic mass is 32.2. The van der Waals surface area contributed by atoms with Crippen molar-refractivity contribution in [3.05, 3.63) is 59.9 Å². The van der Waals surface area contributed by atoms with Gasteiger partial charge >= 0.3 is 0 Å². The van der Waals surface area contributed by atoms with E-state index in [-0.39, 0.29) is 17.5 Å². The number of halogens is 1. The first-order valence-corrected chi connectivity index (χ1v) is 11.9. The summed E-state index contributed by atoms with van der Waals surface area (Å²) in [5, 5.41) is 14.9. The van der Waals surface area contributed by atoms with Gasteiger partial charge in [-0.15, -0.1) is 10.2 Å². The van der Waals surface area contributed by atoms with Crippen molar-refractivity contribution in [2.24, 2.45) is 0 Å². The minimum atomic E-state index is -0.258. The Bertz CT molecular complexity index is 976. The number of aromatic nitrogens is 2. The average molecular weight is 460 g/mol. The van der Waals surface area contributed by atoms with E-state index in [9.17, 15) is 9.18 Å². The van der Waals surface area contributed by atoms with Crippen molar-refractivity contribution in [3.8, 4) is 0 Å². The van der Waals surface area contributed by atoms with Gasteiger partial charge in [0.1, 0.15) is 5.82 Å². The molecule has 0 unspecified atom stereocenters. The van der Waals surface area contributed by atoms with E-state index in [0.29, 0.717) is 22.1 Å². The van der Waals surface area contributed by atoms with Crippen molar-refractivity contribution in [1.29, 1.82) is 0 Å². The molecule has 0 spiro atoms. The third kappa shape index (κ3) is 6.93. The Hall–Kier alpha value is -2.65. The summed E-state index contributed by atoms with van der Waals surface area (Å²) in [5.41, 5.74) is 2.86. The molecule has 0 radical (unpaired) electrons. The zero-order chi connectivity index (χ0) is 22.2. The smallest absolute Gasteiger partial charge is 0.234 e. The molecular weight excluding hydrogens is 433 g/mol. The van der Waals surface area contributed by atoms with E-state index >= 15 is 0 Å². The van der Waals surface area contributed by atoms with Crippen LogP contribution in [0.25, 0.3) is 0 Å². The highest BCUT2D eigenvalue weighted by Gasteiger charge is 2.10. The maximum absolute atomic E-state index is 13.0. The summed E-state index contributed by atoms with van der Waals surface area (Å²) in [7, 11) is 0. The number of hydrogen-bond donors (Lipinski definition) is 2. The first kappa shape index (κ1) is 23.0. The van der Waals surface area contributed by atoms with Crippen LogP contribution in [0.3, 0.4) is 0 Å². The van der Waals surface area contributed by atoms with Crippen molar-refractivity contribution in [2.45, 2.75) is 37.7 Å². The second-order valence-corrected chi connectivity index (χ2v) is 9.32. The maximum Gasteiger partial charge on any atom is 0.234 e. The molecule has 9 heteroatoms. The van der Waals surface area contributed by atoms with Crippen LogP contribution in [-0.2, 0) is 11.3 Å². The van der Waals surface area contributed by atoms with Gasteiger partial charge in [-0.05, 0) is 62.7 Å². The number of carbonyl (C=O) groups excluding carboxylic acids is 1. The normalized spacial score (nSPS) is 10.9. The van der Waals surface area contributed by atoms with E-state index in [1.165, 1.54) is 35.2 Å². The number of anilines is 3. The third-order valence-corrected chi connectivity index (χ3v) is 6.55. The van der Waals surface area contributed by atoms with Crippen LogP contribution < -0.4 is 15.5 Å². The topological polar surface area (TPSA) is 70.2 Å². The van der Waals surface area contributed by atoms with Crippen molar-refractivity contribution in [3.63, 3.8) is 0 Å². The Morgan fingerprint density at radius 2 is 1.84 bits per heavy atom. The number of hydrogen-bond acceptors (Lipinski definition) is 7. The van der Waals surface area contributed by atoms with Gasteiger partial charge in [0.25, 0.3) is 0 Å². The van der Waals surface area contributed by atoms with E-state index in [2.05, 4.69) is 46.5 Å². The molecule has 31 heavy (non-hydrogen) atoms. The van der Waals surface area contributed by atoms with Gasteiger partial charge in [-0.1, -0.05) is 35.2 Å². The summed E-state index contributed by atoms with van der Waals surface area (Å²) in [6, 6.07) is 14.6. The summed E-state index contributed by atoms with van der Waals surface area (Å²) < 4.78 is 13.7. The Kier molecular flexibility index (Phi) is 8.25. The summed E-state index contributed by atoms with van der Waals surface area (Å²) in [4.78, 5) is 14.6. The molecule has 3 rings (SSSR count). The SMILES string of the molecule is CCN(c1ccc(NC(=O)CSc2nnc(NCc3ccc(F)cc3)s2)cc1)C(C)C. The molecule has 0 saturated heterocycles. The van der Waals surface area contributed by atoms with Crippen LogP contribution in [0, 0.1) is 5.82 Å². The lowest BCUT2D eigenvalue weighted by atomic mass is 10.2. The Balaban J connectivity index is 1.45. The molecule has 3 aromatic rings. The number of thioether (sulfide) groups is 1. The summed E-state index contributed by atoms with van der Waals surface area (Å²) in [6.45, 7) is 7.91. The molecule has 0 aliphatic rings. The van der Waals surface area contributed by atoms with Crippen molar-refractivity contribution < 1.29 is 9.18 Å². The Labute approximate surface area is 190 Å². The molecule has 0 aliphatic heterocycles. The molecule has 164 valence electrons. The minimum Gasteiger partial charge on any atom is -0.369 e. The second-order valence-electron chi connectivity index (χ2n) is 7.12. The predicted molar refractivity (Wildman–Crippen MR) is 128 cm³/mol. The van der Waals surface area contributed by atoms with E-state index in [1.54, 1.807) is 12.1 Å². The van der Waals surface area contributed by atoms with E-state index < -0.39 is 0 Å². The fourth-order valence-electron chi connectivity index (χ4n) is 3.03. The largest absolute Gasteiger partial charge is 0.369 e. The summed E-state index contributed by atoms with van der Waals surface area (Å²) in [5.74, 6) is -0.0995. The van der Waals surface area contributed by atoms with Crippen LogP contribution >= 0.6 is 23.1 Å². The van der Waals surface area contributed by atoms with Crippen molar-refractivity contribution in [2.75, 3.05) is 27.8 Å². The Morgan fingerprint density at radius 1 is 1.13 bits per heavy atom. The first-order valence-electron chi connectivity index (χ1n) is 10.1. The molecule has 0 aliphatic carbocycles. The van der Waals surface area contributed by atoms with Crippen molar-refractivity contribution >= 4 is 45.5 Å². The fourth-order valence-corrected chi connectivity index (χ4v) is 4.57. The molecular formula is C22H26FN5OS2. The Morgan fingerprint density at radius 3 is 2.48 bits per heavy atom. The fraction of sp³-hybridized carbons (Fsp3) is 0.318. The monoisotopic (exact) mass is 459 g/mol. The lowest BCUT2D eigenvalue weighted by molar-refractivity contribution is -0.113. The number of benzene rings is 2. The van der Waals surface area contributed by atoms with Gasteiger partial charge < -0.3 is 15.5 Å². The zero-order valence-corrected chi connectivity index (χ0v) is 19.4. The summed E-state index contributed by atoms with van der Waals surface area (Å²) in [6.07, 6.45) is 0. The molecule has 1 aromatic heterocycles. The van der Waals surface area contributed by atoms with E-state index in [4.69, 9.17) is 0 Å². The van der Waals surface area contributed by atoms with Gasteiger partial charge in [0, 0.05) is 30.5 Å². The number of amides is 1. The zero-order valence-electron chi connectivity index (χ0n) is 17.8. The van der Waals surface area contributed by atoms with Gasteiger partial charge in [0.2, 0.25) is 11.0 Å². The van der Waals surface area contributed by atoms with Gasteiger partial charge in [-0.3, -0.25) is 4.79 Å². The number of nitrogens with one attached hydrogen (secondary N) is 2. The van der Waals surface area contributed by atoms with E-state index in [0.717, 1.165) is 23.5 Å². The van der Waals surface area contributed by atoms with E-state index in [1.807, 2.05) is 24.3 Å². The molecule has 1 amide bonds. The lowest BCUT2D eigenvalue weighted by Crippen LogP contribution is -2.30. The molecule has 0 bridgehead atoms. The van der Waals surface area contributed by atoms with Crippen LogP contribution in [0.2, 0.25) is 0 Å². The van der Waals surface area contributed by atoms with Crippen LogP contribution in [0.1, 0.15) is 26.3 Å². The van der Waals surface area contributed by atoms with Crippen LogP contribution in [-0.4, -0.2) is 34.4 Å². The first-order chi connectivity index (χ1) is 14.9. The summed E-state index contributed by atoms with van der Waals surface area (Å²) >= 11 is 2.73. The molecule has 2 N–H and O–H groups in total. The highest BCUT2D eigenvalue weighted by Crippen LogP contribution is 2.26. The maximum atomic E-state index is 13.0. The number of rotatable bonds is 10. The van der Waals surface area contributed by atoms with Crippen LogP contribution in [0.5, 0.6) is 0 Å². The third-order valence-electron chi connectivity index (χ3n) is 4.54. The minimum absolute atomic E-state index is 0.0926. The lowest BCUT2D eigenvalue weighted by Gasteiger charge is -2.27. The molecule has 0 saturated carbocycles. The van der Waals surface area contributed by atoms with Crippen LogP contribution in [0.4, 0.5) is 20.9 Å². The average Bonchev–Trinajstić information content (AvgIpc) is 3.21. The molecule has 0 fully saturated rings. The molecule has 2 aromatic carbocycles. The highest BCUT2D eigenvalue weighted by molar-refractivity contribution is 8.01. The second kappa shape index (κ2) is 11.1.